The van der Waals surface area contributed by atoms with Gasteiger partial charge in [-0.15, -0.1) is 0 Å². The van der Waals surface area contributed by atoms with E-state index in [0.29, 0.717) is 5.56 Å². The number of carbonyl (C=O) groups is 3. The van der Waals surface area contributed by atoms with Gasteiger partial charge in [0, 0.05) is 13.1 Å². The van der Waals surface area contributed by atoms with Gasteiger partial charge < -0.3 is 19.7 Å². The topological polar surface area (TPSA) is 84.9 Å². The van der Waals surface area contributed by atoms with Gasteiger partial charge in [0.15, 0.2) is 6.61 Å². The largest absolute Gasteiger partial charge is 0.452 e. The minimum atomic E-state index is -4.40. The Morgan fingerprint density at radius 1 is 1.18 bits per heavy atom. The average Bonchev–Trinajstić information content (AvgIpc) is 3.42. The van der Waals surface area contributed by atoms with Crippen molar-refractivity contribution in [3.05, 3.63) is 35.4 Å². The highest BCUT2D eigenvalue weighted by atomic mass is 19.4. The fraction of sp³-hybridized carbons (Fsp3) is 0.500. The first kappa shape index (κ1) is 21.7. The Hall–Kier alpha value is -2.62. The van der Waals surface area contributed by atoms with Crippen molar-refractivity contribution in [1.82, 2.24) is 10.2 Å². The van der Waals surface area contributed by atoms with Crippen LogP contribution in [0.15, 0.2) is 24.3 Å². The Balaban J connectivity index is 1.72. The van der Waals surface area contributed by atoms with Gasteiger partial charge in [0.1, 0.15) is 6.61 Å². The van der Waals surface area contributed by atoms with Crippen LogP contribution in [0.3, 0.4) is 0 Å². The van der Waals surface area contributed by atoms with Crippen LogP contribution in [0.1, 0.15) is 28.8 Å². The first-order valence-corrected chi connectivity index (χ1v) is 8.58. The lowest BCUT2D eigenvalue weighted by Crippen LogP contribution is -2.40. The number of benzene rings is 1. The van der Waals surface area contributed by atoms with E-state index in [-0.39, 0.29) is 30.7 Å². The van der Waals surface area contributed by atoms with Gasteiger partial charge in [-0.1, -0.05) is 12.1 Å². The third-order valence-corrected chi connectivity index (χ3v) is 3.80. The molecular weight excluding hydrogens is 381 g/mol. The summed E-state index contributed by atoms with van der Waals surface area (Å²) in [4.78, 5) is 36.7. The zero-order valence-electron chi connectivity index (χ0n) is 15.3. The molecule has 0 aliphatic heterocycles. The standard InChI is InChI=1S/C18H21F3N2O5/c1-23(8-15(24)22-14-6-7-14)16(25)10-28-17(26)13-4-2-12(3-5-13)9-27-11-18(19,20)21/h2-5,14H,6-11H2,1H3,(H,22,24). The highest BCUT2D eigenvalue weighted by Crippen LogP contribution is 2.18. The summed E-state index contributed by atoms with van der Waals surface area (Å²) < 4.78 is 45.5. The lowest BCUT2D eigenvalue weighted by Gasteiger charge is -2.16. The second kappa shape index (κ2) is 9.54. The lowest BCUT2D eigenvalue weighted by molar-refractivity contribution is -0.176. The summed E-state index contributed by atoms with van der Waals surface area (Å²) in [6.07, 6.45) is -2.52. The molecule has 2 rings (SSSR count). The average molecular weight is 402 g/mol. The molecule has 7 nitrogen and oxygen atoms in total. The summed E-state index contributed by atoms with van der Waals surface area (Å²) >= 11 is 0. The third kappa shape index (κ3) is 7.95. The number of halogens is 3. The molecule has 0 saturated heterocycles. The van der Waals surface area contributed by atoms with Crippen molar-refractivity contribution < 1.29 is 37.0 Å². The van der Waals surface area contributed by atoms with Gasteiger partial charge in [0.25, 0.3) is 5.91 Å². The number of amides is 2. The first-order valence-electron chi connectivity index (χ1n) is 8.58. The molecule has 1 aliphatic rings. The molecule has 0 radical (unpaired) electrons. The molecule has 0 spiro atoms. The van der Waals surface area contributed by atoms with Crippen LogP contribution in [0.5, 0.6) is 0 Å². The minimum Gasteiger partial charge on any atom is -0.452 e. The minimum absolute atomic E-state index is 0.125. The van der Waals surface area contributed by atoms with E-state index >= 15 is 0 Å². The molecule has 28 heavy (non-hydrogen) atoms. The molecular formula is C18H21F3N2O5. The number of hydrogen-bond donors (Lipinski definition) is 1. The van der Waals surface area contributed by atoms with Crippen LogP contribution in [-0.2, 0) is 25.7 Å². The Kier molecular flexibility index (Phi) is 7.38. The number of nitrogens with zero attached hydrogens (tertiary/aromatic N) is 1. The Bertz CT molecular complexity index is 702. The zero-order chi connectivity index (χ0) is 20.7. The van der Waals surface area contributed by atoms with E-state index in [0.717, 1.165) is 17.7 Å². The number of esters is 1. The van der Waals surface area contributed by atoms with Gasteiger partial charge in [0.2, 0.25) is 5.91 Å². The second-order valence-corrected chi connectivity index (χ2v) is 6.47. The molecule has 1 aliphatic carbocycles. The van der Waals surface area contributed by atoms with E-state index in [1.807, 2.05) is 0 Å². The number of alkyl halides is 3. The third-order valence-electron chi connectivity index (χ3n) is 3.80. The molecule has 154 valence electrons. The number of hydrogen-bond acceptors (Lipinski definition) is 5. The molecule has 1 saturated carbocycles. The predicted octanol–water partition coefficient (Wildman–Crippen LogP) is 1.66. The molecule has 1 N–H and O–H groups in total. The van der Waals surface area contributed by atoms with Crippen LogP contribution in [-0.4, -0.2) is 61.7 Å². The molecule has 0 atom stereocenters. The number of likely N-dealkylation sites (N-methyl/N-ethyl adjacent to an activating group) is 1. The van der Waals surface area contributed by atoms with Gasteiger partial charge in [-0.3, -0.25) is 9.59 Å². The Morgan fingerprint density at radius 3 is 2.39 bits per heavy atom. The quantitative estimate of drug-likeness (QED) is 0.635. The molecule has 0 bridgehead atoms. The van der Waals surface area contributed by atoms with Crippen LogP contribution in [0.25, 0.3) is 0 Å². The van der Waals surface area contributed by atoms with Gasteiger partial charge in [-0.25, -0.2) is 4.79 Å². The summed E-state index contributed by atoms with van der Waals surface area (Å²) in [7, 11) is 1.43. The van der Waals surface area contributed by atoms with Crippen molar-refractivity contribution in [3.63, 3.8) is 0 Å². The fourth-order valence-corrected chi connectivity index (χ4v) is 2.15. The van der Waals surface area contributed by atoms with Crippen LogP contribution in [0, 0.1) is 0 Å². The normalized spacial score (nSPS) is 13.7. The summed E-state index contributed by atoms with van der Waals surface area (Å²) in [5.41, 5.74) is 0.597. The van der Waals surface area contributed by atoms with Crippen LogP contribution >= 0.6 is 0 Å². The lowest BCUT2D eigenvalue weighted by atomic mass is 10.1. The Labute approximate surface area is 159 Å². The van der Waals surface area contributed by atoms with E-state index in [1.54, 1.807) is 0 Å². The maximum atomic E-state index is 12.0. The summed E-state index contributed by atoms with van der Waals surface area (Å²) in [6.45, 7) is -2.26. The molecule has 0 heterocycles. The van der Waals surface area contributed by atoms with Crippen LogP contribution in [0.2, 0.25) is 0 Å². The number of ether oxygens (including phenoxy) is 2. The number of nitrogens with one attached hydrogen (secondary N) is 1. The van der Waals surface area contributed by atoms with E-state index in [4.69, 9.17) is 4.74 Å². The van der Waals surface area contributed by atoms with Crippen molar-refractivity contribution in [3.8, 4) is 0 Å². The summed E-state index contributed by atoms with van der Waals surface area (Å²) in [6, 6.07) is 5.79. The monoisotopic (exact) mass is 402 g/mol. The van der Waals surface area contributed by atoms with Gasteiger partial charge >= 0.3 is 12.1 Å². The van der Waals surface area contributed by atoms with E-state index in [1.165, 1.54) is 31.3 Å². The Morgan fingerprint density at radius 2 is 1.82 bits per heavy atom. The van der Waals surface area contributed by atoms with Crippen LogP contribution < -0.4 is 5.32 Å². The SMILES string of the molecule is CN(CC(=O)NC1CC1)C(=O)COC(=O)c1ccc(COCC(F)(F)F)cc1. The van der Waals surface area contributed by atoms with E-state index in [9.17, 15) is 27.6 Å². The highest BCUT2D eigenvalue weighted by Gasteiger charge is 2.27. The maximum absolute atomic E-state index is 12.0. The van der Waals surface area contributed by atoms with Gasteiger partial charge in [-0.2, -0.15) is 13.2 Å². The van der Waals surface area contributed by atoms with Crippen molar-refractivity contribution in [2.24, 2.45) is 0 Å². The number of carbonyl (C=O) groups excluding carboxylic acids is 3. The summed E-state index contributed by atoms with van der Waals surface area (Å²) in [5, 5.41) is 2.75. The second-order valence-electron chi connectivity index (χ2n) is 6.47. The van der Waals surface area contributed by atoms with Gasteiger partial charge in [0.05, 0.1) is 18.7 Å². The number of rotatable bonds is 9. The van der Waals surface area contributed by atoms with Crippen molar-refractivity contribution in [2.45, 2.75) is 31.7 Å². The molecule has 2 amide bonds. The maximum Gasteiger partial charge on any atom is 0.411 e. The van der Waals surface area contributed by atoms with Crippen LogP contribution in [0.4, 0.5) is 13.2 Å². The molecule has 0 aromatic heterocycles. The smallest absolute Gasteiger partial charge is 0.411 e. The van der Waals surface area contributed by atoms with Crippen molar-refractivity contribution >= 4 is 17.8 Å². The van der Waals surface area contributed by atoms with E-state index in [2.05, 4.69) is 10.1 Å². The van der Waals surface area contributed by atoms with Gasteiger partial charge in [-0.05, 0) is 30.5 Å². The molecule has 10 heteroatoms. The molecule has 1 aromatic carbocycles. The highest BCUT2D eigenvalue weighted by molar-refractivity contribution is 5.92. The predicted molar refractivity (Wildman–Crippen MR) is 91.2 cm³/mol. The van der Waals surface area contributed by atoms with E-state index < -0.39 is 31.3 Å². The fourth-order valence-electron chi connectivity index (χ4n) is 2.15. The van der Waals surface area contributed by atoms with Crippen molar-refractivity contribution in [1.29, 1.82) is 0 Å². The summed E-state index contributed by atoms with van der Waals surface area (Å²) in [5.74, 6) is -1.56. The molecule has 1 fully saturated rings. The molecule has 0 unspecified atom stereocenters. The first-order chi connectivity index (χ1) is 13.1. The molecule has 1 aromatic rings. The zero-order valence-corrected chi connectivity index (χ0v) is 15.3. The van der Waals surface area contributed by atoms with Crippen molar-refractivity contribution in [2.75, 3.05) is 26.8 Å².